The van der Waals surface area contributed by atoms with E-state index in [4.69, 9.17) is 9.47 Å². The molecule has 0 spiro atoms. The molecule has 1 saturated heterocycles. The van der Waals surface area contributed by atoms with Crippen LogP contribution in [0.2, 0.25) is 0 Å². The molecule has 0 bridgehead atoms. The highest BCUT2D eigenvalue weighted by Crippen LogP contribution is 2.46. The molecule has 2 saturated carbocycles. The zero-order chi connectivity index (χ0) is 39.2. The zero-order valence-corrected chi connectivity index (χ0v) is 31.2. The summed E-state index contributed by atoms with van der Waals surface area (Å²) in [5, 5.41) is 4.65. The molecule has 3 aliphatic heterocycles. The summed E-state index contributed by atoms with van der Waals surface area (Å²) in [4.78, 5) is 70.7. The Kier molecular flexibility index (Phi) is 10.7. The number of rotatable bonds is 5. The van der Waals surface area contributed by atoms with Gasteiger partial charge in [-0.15, -0.1) is 0 Å². The number of nitrogens with one attached hydrogen (secondary N) is 3. The van der Waals surface area contributed by atoms with Crippen LogP contribution < -0.4 is 15.4 Å². The van der Waals surface area contributed by atoms with Gasteiger partial charge in [0.25, 0.3) is 5.91 Å². The van der Waals surface area contributed by atoms with Crippen molar-refractivity contribution in [3.63, 3.8) is 0 Å². The minimum atomic E-state index is -4.63. The first kappa shape index (κ1) is 39.3. The quantitative estimate of drug-likeness (QED) is 0.372. The summed E-state index contributed by atoms with van der Waals surface area (Å²) >= 11 is 0. The van der Waals surface area contributed by atoms with Crippen LogP contribution in [0, 0.1) is 5.92 Å². The van der Waals surface area contributed by atoms with Gasteiger partial charge in [-0.25, -0.2) is 18.0 Å². The molecule has 0 unspecified atom stereocenters. The van der Waals surface area contributed by atoms with Crippen molar-refractivity contribution in [1.29, 1.82) is 0 Å². The van der Waals surface area contributed by atoms with Crippen molar-refractivity contribution in [3.05, 3.63) is 47.0 Å². The second kappa shape index (κ2) is 14.7. The highest BCUT2D eigenvalue weighted by atomic mass is 32.2. The van der Waals surface area contributed by atoms with E-state index in [0.717, 1.165) is 15.9 Å². The third kappa shape index (κ3) is 8.78. The summed E-state index contributed by atoms with van der Waals surface area (Å²) in [5.41, 5.74) is -3.10. The van der Waals surface area contributed by atoms with Gasteiger partial charge in [0.2, 0.25) is 21.8 Å². The van der Waals surface area contributed by atoms with Gasteiger partial charge in [0.15, 0.2) is 0 Å². The first-order valence-electron chi connectivity index (χ1n) is 18.3. The van der Waals surface area contributed by atoms with Gasteiger partial charge in [-0.05, 0) is 76.5 Å². The monoisotopic (exact) mass is 781 g/mol. The van der Waals surface area contributed by atoms with E-state index in [0.29, 0.717) is 44.1 Å². The molecule has 296 valence electrons. The number of hydrogen-bond donors (Lipinski definition) is 3. The Morgan fingerprint density at radius 3 is 2.44 bits per heavy atom. The van der Waals surface area contributed by atoms with Crippen molar-refractivity contribution in [2.24, 2.45) is 5.92 Å². The fraction of sp³-hybridized carbons (Fsp3) is 0.639. The average molecular weight is 782 g/mol. The lowest BCUT2D eigenvalue weighted by molar-refractivity contribution is -0.141. The van der Waals surface area contributed by atoms with Crippen LogP contribution in [0.1, 0.15) is 95.2 Å². The first-order valence-corrected chi connectivity index (χ1v) is 19.8. The van der Waals surface area contributed by atoms with E-state index in [1.54, 1.807) is 26.8 Å². The lowest BCUT2D eigenvalue weighted by Crippen LogP contribution is -2.58. The summed E-state index contributed by atoms with van der Waals surface area (Å²) in [5.74, 6) is -2.89. The molecule has 54 heavy (non-hydrogen) atoms. The number of hydrogen-bond acceptors (Lipinski definition) is 9. The lowest BCUT2D eigenvalue weighted by Gasteiger charge is -2.30. The molecule has 14 nitrogen and oxygen atoms in total. The molecule has 0 radical (unpaired) electrons. The fourth-order valence-electron chi connectivity index (χ4n) is 7.33. The van der Waals surface area contributed by atoms with E-state index in [1.807, 2.05) is 6.08 Å². The van der Waals surface area contributed by atoms with Crippen molar-refractivity contribution in [2.45, 2.75) is 132 Å². The Morgan fingerprint density at radius 2 is 1.76 bits per heavy atom. The number of alkyl carbamates (subject to hydrolysis) is 1. The molecule has 3 fully saturated rings. The van der Waals surface area contributed by atoms with Crippen LogP contribution in [0.25, 0.3) is 0 Å². The molecule has 0 aromatic heterocycles. The van der Waals surface area contributed by atoms with E-state index in [2.05, 4.69) is 15.4 Å². The molecule has 3 N–H and O–H groups in total. The number of alkyl halides is 3. The van der Waals surface area contributed by atoms with Gasteiger partial charge in [-0.1, -0.05) is 37.1 Å². The summed E-state index contributed by atoms with van der Waals surface area (Å²) in [6.07, 6.45) is -0.462. The predicted molar refractivity (Wildman–Crippen MR) is 186 cm³/mol. The van der Waals surface area contributed by atoms with Gasteiger partial charge < -0.3 is 25.0 Å². The van der Waals surface area contributed by atoms with E-state index in [9.17, 15) is 45.6 Å². The topological polar surface area (TPSA) is 181 Å². The predicted octanol–water partition coefficient (Wildman–Crippen LogP) is 4.02. The molecule has 2 aliphatic carbocycles. The highest BCUT2D eigenvalue weighted by Gasteiger charge is 2.62. The maximum Gasteiger partial charge on any atom is 0.416 e. The summed E-state index contributed by atoms with van der Waals surface area (Å²) in [6, 6.07) is 1.22. The van der Waals surface area contributed by atoms with Crippen molar-refractivity contribution >= 4 is 39.9 Å². The average Bonchev–Trinajstić information content (AvgIpc) is 3.95. The maximum absolute atomic E-state index is 14.3. The van der Waals surface area contributed by atoms with E-state index in [-0.39, 0.29) is 44.5 Å². The van der Waals surface area contributed by atoms with Crippen molar-refractivity contribution in [2.75, 3.05) is 6.54 Å². The van der Waals surface area contributed by atoms with Crippen LogP contribution in [0.3, 0.4) is 0 Å². The second-order valence-corrected chi connectivity index (χ2v) is 17.7. The van der Waals surface area contributed by atoms with Crippen LogP contribution in [-0.4, -0.2) is 89.2 Å². The van der Waals surface area contributed by atoms with E-state index < -0.39 is 92.2 Å². The second-order valence-electron chi connectivity index (χ2n) is 15.8. The number of amides is 5. The Hall–Kier alpha value is -4.35. The summed E-state index contributed by atoms with van der Waals surface area (Å²) in [7, 11) is -3.97. The van der Waals surface area contributed by atoms with Gasteiger partial charge in [0.1, 0.15) is 29.3 Å². The lowest BCUT2D eigenvalue weighted by atomic mass is 10.0. The van der Waals surface area contributed by atoms with Gasteiger partial charge >= 0.3 is 18.4 Å². The molecule has 5 atom stereocenters. The third-order valence-corrected chi connectivity index (χ3v) is 12.2. The van der Waals surface area contributed by atoms with Gasteiger partial charge in [-0.2, -0.15) is 13.2 Å². The first-order chi connectivity index (χ1) is 25.3. The van der Waals surface area contributed by atoms with Gasteiger partial charge in [-0.3, -0.25) is 24.0 Å². The van der Waals surface area contributed by atoms with Crippen molar-refractivity contribution in [1.82, 2.24) is 25.2 Å². The van der Waals surface area contributed by atoms with Crippen molar-refractivity contribution in [3.8, 4) is 0 Å². The molecule has 18 heteroatoms. The largest absolute Gasteiger partial charge is 0.444 e. The summed E-state index contributed by atoms with van der Waals surface area (Å²) < 4.78 is 79.9. The van der Waals surface area contributed by atoms with Crippen LogP contribution in [0.15, 0.2) is 30.4 Å². The highest BCUT2D eigenvalue weighted by molar-refractivity contribution is 7.91. The number of fused-ring (bicyclic) bond motifs is 3. The maximum atomic E-state index is 14.3. The molecular formula is C36H46F3N5O9S. The number of benzene rings is 1. The molecule has 1 aromatic carbocycles. The van der Waals surface area contributed by atoms with Crippen LogP contribution >= 0.6 is 0 Å². The summed E-state index contributed by atoms with van der Waals surface area (Å²) in [6.45, 7) is 4.18. The number of ether oxygens (including phenoxy) is 2. The minimum absolute atomic E-state index is 0.0491. The molecule has 1 aromatic rings. The molecule has 5 aliphatic rings. The number of halogens is 3. The van der Waals surface area contributed by atoms with Gasteiger partial charge in [0.05, 0.1) is 23.9 Å². The standard InChI is InChI=1S/C36H46F3N5O9S/c1-34(2,3)53-32(48)40-27-13-8-6-4-5-7-11-22-17-35(22,31(47)42-54(50,51)24-14-15-24)41-29(45)28-16-23(19-44(28)30(27)46)52-33(49)43-18-21-10-9-12-26(25(21)20-43)36(37,38)39/h7,9-12,22-24,27-28H,4-6,8,13-20H2,1-3H3,(H,40,48)(H,41,45)(H,42,47)/b11-7-/t22-,23+,27-,28-,35+/m0/s1. The molecule has 6 rings (SSSR count). The third-order valence-electron chi connectivity index (χ3n) is 10.3. The minimum Gasteiger partial charge on any atom is -0.444 e. The number of sulfonamides is 1. The Bertz CT molecular complexity index is 1830. The van der Waals surface area contributed by atoms with Crippen LogP contribution in [-0.2, 0) is 53.1 Å². The number of allylic oxidation sites excluding steroid dienone is 1. The molecular weight excluding hydrogens is 735 g/mol. The number of nitrogens with zero attached hydrogens (tertiary/aromatic N) is 2. The van der Waals surface area contributed by atoms with E-state index >= 15 is 0 Å². The zero-order valence-electron chi connectivity index (χ0n) is 30.4. The normalized spacial score (nSPS) is 28.3. The molecule has 3 heterocycles. The van der Waals surface area contributed by atoms with Crippen molar-refractivity contribution < 1.29 is 55.0 Å². The van der Waals surface area contributed by atoms with E-state index in [1.165, 1.54) is 12.1 Å². The molecule has 5 amide bonds. The Morgan fingerprint density at radius 1 is 1.02 bits per heavy atom. The van der Waals surface area contributed by atoms with Gasteiger partial charge in [0, 0.05) is 18.9 Å². The Balaban J connectivity index is 1.25. The SMILES string of the molecule is CC(C)(C)OC(=O)N[C@H]1CCCCC/C=C\[C@H]2C[C@@]2(C(=O)NS(=O)(=O)C2CC2)NC(=O)[C@@H]2C[C@@H](OC(=O)N3Cc4cccc(C(F)(F)F)c4C3)CN2C1=O. The fourth-order valence-corrected chi connectivity index (χ4v) is 8.69. The van der Waals surface area contributed by atoms with Crippen LogP contribution in [0.5, 0.6) is 0 Å². The number of carbonyl (C=O) groups excluding carboxylic acids is 5. The van der Waals surface area contributed by atoms with Crippen LogP contribution in [0.4, 0.5) is 22.8 Å². The Labute approximate surface area is 311 Å². The smallest absolute Gasteiger partial charge is 0.416 e. The number of carbonyl (C=O) groups is 5.